The van der Waals surface area contributed by atoms with Gasteiger partial charge in [0.2, 0.25) is 10.0 Å². The molecule has 0 radical (unpaired) electrons. The zero-order chi connectivity index (χ0) is 9.61. The van der Waals surface area contributed by atoms with Crippen molar-refractivity contribution in [3.05, 3.63) is 0 Å². The maximum Gasteiger partial charge on any atom is 0.211 e. The van der Waals surface area contributed by atoms with Crippen molar-refractivity contribution in [3.8, 4) is 0 Å². The van der Waals surface area contributed by atoms with E-state index in [0.29, 0.717) is 12.3 Å². The van der Waals surface area contributed by atoms with Gasteiger partial charge in [0.1, 0.15) is 0 Å². The summed E-state index contributed by atoms with van der Waals surface area (Å²) in [5, 5.41) is 8.79. The molecule has 74 valence electrons. The molecule has 0 saturated heterocycles. The van der Waals surface area contributed by atoms with Gasteiger partial charge in [-0.15, -0.1) is 11.6 Å². The van der Waals surface area contributed by atoms with Crippen LogP contribution in [0.15, 0.2) is 0 Å². The van der Waals surface area contributed by atoms with E-state index in [0.717, 1.165) is 0 Å². The predicted octanol–water partition coefficient (Wildman–Crippen LogP) is -0.0845. The second kappa shape index (κ2) is 5.75. The molecule has 2 N–H and O–H groups in total. The average molecular weight is 216 g/mol. The van der Waals surface area contributed by atoms with Gasteiger partial charge in [0.25, 0.3) is 0 Å². The van der Waals surface area contributed by atoms with Gasteiger partial charge in [0, 0.05) is 12.4 Å². The van der Waals surface area contributed by atoms with Gasteiger partial charge in [-0.05, 0) is 13.3 Å². The summed E-state index contributed by atoms with van der Waals surface area (Å²) < 4.78 is 24.3. The van der Waals surface area contributed by atoms with E-state index in [1.165, 1.54) is 6.92 Å². The fourth-order valence-electron chi connectivity index (χ4n) is 0.564. The van der Waals surface area contributed by atoms with E-state index in [4.69, 9.17) is 16.7 Å². The summed E-state index contributed by atoms with van der Waals surface area (Å²) in [5.41, 5.74) is 0. The molecule has 12 heavy (non-hydrogen) atoms. The average Bonchev–Trinajstić information content (AvgIpc) is 1.98. The lowest BCUT2D eigenvalue weighted by Crippen LogP contribution is -2.32. The third-order valence-corrected chi connectivity index (χ3v) is 2.85. The van der Waals surface area contributed by atoms with Crippen molar-refractivity contribution >= 4 is 21.6 Å². The molecule has 0 bridgehead atoms. The van der Waals surface area contributed by atoms with E-state index >= 15 is 0 Å². The van der Waals surface area contributed by atoms with Crippen LogP contribution in [0.4, 0.5) is 0 Å². The number of halogens is 1. The molecule has 0 heterocycles. The van der Waals surface area contributed by atoms with Crippen LogP contribution in [-0.4, -0.2) is 37.8 Å². The molecule has 0 aliphatic carbocycles. The summed E-state index contributed by atoms with van der Waals surface area (Å²) in [6, 6.07) is 0. The molecular weight excluding hydrogens is 202 g/mol. The number of rotatable bonds is 6. The molecule has 0 aromatic rings. The Morgan fingerprint density at radius 2 is 2.17 bits per heavy atom. The number of hydrogen-bond acceptors (Lipinski definition) is 3. The Hall–Kier alpha value is 0.160. The predicted molar refractivity (Wildman–Crippen MR) is 48.8 cm³/mol. The first-order valence-corrected chi connectivity index (χ1v) is 5.88. The summed E-state index contributed by atoms with van der Waals surface area (Å²) >= 11 is 5.33. The van der Waals surface area contributed by atoms with Crippen molar-refractivity contribution in [1.29, 1.82) is 0 Å². The van der Waals surface area contributed by atoms with E-state index in [2.05, 4.69) is 4.72 Å². The maximum atomic E-state index is 11.0. The highest BCUT2D eigenvalue weighted by molar-refractivity contribution is 7.89. The standard InChI is InChI=1S/C6H14ClNO3S/c1-6(9)5-8-12(10,11)4-2-3-7/h6,8-9H,2-5H2,1H3/t6-/m0/s1. The lowest BCUT2D eigenvalue weighted by atomic mass is 10.4. The summed E-state index contributed by atoms with van der Waals surface area (Å²) in [4.78, 5) is 0. The highest BCUT2D eigenvalue weighted by atomic mass is 35.5. The molecule has 0 rings (SSSR count). The van der Waals surface area contributed by atoms with Gasteiger partial charge in [-0.2, -0.15) is 0 Å². The molecule has 1 atom stereocenters. The first kappa shape index (κ1) is 12.2. The van der Waals surface area contributed by atoms with Crippen LogP contribution in [0, 0.1) is 0 Å². The normalized spacial score (nSPS) is 14.6. The summed E-state index contributed by atoms with van der Waals surface area (Å²) in [7, 11) is -3.23. The second-order valence-corrected chi connectivity index (χ2v) is 4.86. The minimum atomic E-state index is -3.23. The van der Waals surface area contributed by atoms with Gasteiger partial charge in [0.15, 0.2) is 0 Å². The van der Waals surface area contributed by atoms with E-state index in [9.17, 15) is 8.42 Å². The molecule has 0 fully saturated rings. The quantitative estimate of drug-likeness (QED) is 0.609. The van der Waals surface area contributed by atoms with Crippen LogP contribution in [0.25, 0.3) is 0 Å². The maximum absolute atomic E-state index is 11.0. The van der Waals surface area contributed by atoms with Crippen LogP contribution in [0.2, 0.25) is 0 Å². The summed E-state index contributed by atoms with van der Waals surface area (Å²) in [6.07, 6.45) is -0.229. The Morgan fingerprint density at radius 1 is 1.58 bits per heavy atom. The van der Waals surface area contributed by atoms with E-state index < -0.39 is 16.1 Å². The molecule has 0 aromatic heterocycles. The van der Waals surface area contributed by atoms with Crippen LogP contribution in [0.5, 0.6) is 0 Å². The molecule has 0 spiro atoms. The SMILES string of the molecule is C[C@H](O)CNS(=O)(=O)CCCCl. The van der Waals surface area contributed by atoms with Gasteiger partial charge >= 0.3 is 0 Å². The number of aliphatic hydroxyl groups is 1. The van der Waals surface area contributed by atoms with Gasteiger partial charge in [0.05, 0.1) is 11.9 Å². The highest BCUT2D eigenvalue weighted by Crippen LogP contribution is 1.92. The first-order chi connectivity index (χ1) is 5.48. The largest absolute Gasteiger partial charge is 0.392 e. The van der Waals surface area contributed by atoms with Gasteiger partial charge in [-0.3, -0.25) is 0 Å². The Kier molecular flexibility index (Phi) is 5.82. The fourth-order valence-corrected chi connectivity index (χ4v) is 2.02. The minimum absolute atomic E-state index is 0.0171. The molecule has 0 saturated carbocycles. The lowest BCUT2D eigenvalue weighted by Gasteiger charge is -2.06. The Balaban J connectivity index is 3.73. The van der Waals surface area contributed by atoms with Gasteiger partial charge < -0.3 is 5.11 Å². The molecular formula is C6H14ClNO3S. The second-order valence-electron chi connectivity index (χ2n) is 2.56. The summed E-state index contributed by atoms with van der Waals surface area (Å²) in [5.74, 6) is 0.346. The monoisotopic (exact) mass is 215 g/mol. The molecule has 0 aromatic carbocycles. The number of alkyl halides is 1. The third kappa shape index (κ3) is 6.84. The van der Waals surface area contributed by atoms with E-state index in [1.54, 1.807) is 0 Å². The van der Waals surface area contributed by atoms with Crippen LogP contribution in [0.1, 0.15) is 13.3 Å². The van der Waals surface area contributed by atoms with Crippen molar-refractivity contribution in [2.24, 2.45) is 0 Å². The highest BCUT2D eigenvalue weighted by Gasteiger charge is 2.09. The van der Waals surface area contributed by atoms with Crippen LogP contribution < -0.4 is 4.72 Å². The van der Waals surface area contributed by atoms with Crippen LogP contribution in [0.3, 0.4) is 0 Å². The smallest absolute Gasteiger partial charge is 0.211 e. The van der Waals surface area contributed by atoms with E-state index in [-0.39, 0.29) is 12.3 Å². The third-order valence-electron chi connectivity index (χ3n) is 1.15. The number of aliphatic hydroxyl groups excluding tert-OH is 1. The van der Waals surface area contributed by atoms with Crippen molar-refractivity contribution in [2.45, 2.75) is 19.4 Å². The van der Waals surface area contributed by atoms with Gasteiger partial charge in [-0.25, -0.2) is 13.1 Å². The molecule has 4 nitrogen and oxygen atoms in total. The van der Waals surface area contributed by atoms with Crippen LogP contribution in [-0.2, 0) is 10.0 Å². The minimum Gasteiger partial charge on any atom is -0.392 e. The van der Waals surface area contributed by atoms with Gasteiger partial charge in [-0.1, -0.05) is 0 Å². The zero-order valence-electron chi connectivity index (χ0n) is 6.96. The van der Waals surface area contributed by atoms with Crippen molar-refractivity contribution < 1.29 is 13.5 Å². The molecule has 6 heteroatoms. The fraction of sp³-hybridized carbons (Fsp3) is 1.00. The number of hydrogen-bond donors (Lipinski definition) is 2. The molecule has 0 aliphatic heterocycles. The summed E-state index contributed by atoms with van der Waals surface area (Å²) in [6.45, 7) is 1.58. The lowest BCUT2D eigenvalue weighted by molar-refractivity contribution is 0.198. The first-order valence-electron chi connectivity index (χ1n) is 3.69. The Labute approximate surface area is 78.0 Å². The Morgan fingerprint density at radius 3 is 2.58 bits per heavy atom. The number of sulfonamides is 1. The zero-order valence-corrected chi connectivity index (χ0v) is 8.53. The molecule has 0 amide bonds. The van der Waals surface area contributed by atoms with Crippen molar-refractivity contribution in [1.82, 2.24) is 4.72 Å². The molecule has 0 aliphatic rings. The Bertz CT molecular complexity index is 203. The van der Waals surface area contributed by atoms with E-state index in [1.807, 2.05) is 0 Å². The van der Waals surface area contributed by atoms with Crippen molar-refractivity contribution in [3.63, 3.8) is 0 Å². The van der Waals surface area contributed by atoms with Crippen molar-refractivity contribution in [2.75, 3.05) is 18.2 Å². The van der Waals surface area contributed by atoms with Crippen LogP contribution >= 0.6 is 11.6 Å². The topological polar surface area (TPSA) is 66.4 Å². The number of nitrogens with one attached hydrogen (secondary N) is 1. The molecule has 0 unspecified atom stereocenters.